The van der Waals surface area contributed by atoms with E-state index in [9.17, 15) is 18.0 Å². The summed E-state index contributed by atoms with van der Waals surface area (Å²) in [7, 11) is -1.56. The second-order valence-electron chi connectivity index (χ2n) is 11.7. The Morgan fingerprint density at radius 1 is 0.824 bits per heavy atom. The summed E-state index contributed by atoms with van der Waals surface area (Å²) in [4.78, 5) is 30.1. The molecular weight excluding hydrogens is 713 g/mol. The molecule has 272 valence electrons. The fraction of sp³-hybridized carbons (Fsp3) is 0.316. The lowest BCUT2D eigenvalue weighted by atomic mass is 10.0. The average Bonchev–Trinajstić information content (AvgIpc) is 3.13. The van der Waals surface area contributed by atoms with Gasteiger partial charge in [-0.25, -0.2) is 8.42 Å². The molecule has 2 amide bonds. The first-order valence-corrected chi connectivity index (χ1v) is 18.7. The summed E-state index contributed by atoms with van der Waals surface area (Å²) >= 11 is 12.6. The summed E-state index contributed by atoms with van der Waals surface area (Å²) in [5, 5.41) is 3.63. The van der Waals surface area contributed by atoms with Crippen molar-refractivity contribution >= 4 is 50.7 Å². The van der Waals surface area contributed by atoms with Gasteiger partial charge in [0, 0.05) is 25.1 Å². The van der Waals surface area contributed by atoms with Gasteiger partial charge in [0.1, 0.15) is 18.3 Å². The number of benzene rings is 4. The molecule has 10 nitrogen and oxygen atoms in total. The number of halogens is 2. The molecule has 0 saturated carbocycles. The Morgan fingerprint density at radius 2 is 1.51 bits per heavy atom. The average molecular weight is 757 g/mol. The van der Waals surface area contributed by atoms with Crippen LogP contribution in [0.15, 0.2) is 95.9 Å². The lowest BCUT2D eigenvalue weighted by Crippen LogP contribution is -2.54. The molecule has 0 fully saturated rings. The molecule has 1 N–H and O–H groups in total. The number of sulfonamides is 1. The second kappa shape index (κ2) is 18.2. The summed E-state index contributed by atoms with van der Waals surface area (Å²) in [6.45, 7) is 5.38. The van der Waals surface area contributed by atoms with E-state index < -0.39 is 28.5 Å². The number of rotatable bonds is 17. The highest BCUT2D eigenvalue weighted by Gasteiger charge is 2.35. The van der Waals surface area contributed by atoms with Crippen molar-refractivity contribution in [2.45, 2.75) is 57.1 Å². The quantitative estimate of drug-likeness (QED) is 0.122. The minimum atomic E-state index is -4.41. The molecule has 2 atom stereocenters. The smallest absolute Gasteiger partial charge is 0.264 e. The van der Waals surface area contributed by atoms with Gasteiger partial charge in [-0.3, -0.25) is 13.9 Å². The molecule has 4 rings (SSSR count). The topological polar surface area (TPSA) is 114 Å². The minimum absolute atomic E-state index is 0.0608. The zero-order valence-electron chi connectivity index (χ0n) is 29.3. The molecule has 4 aromatic carbocycles. The third kappa shape index (κ3) is 10.1. The number of nitrogens with one attached hydrogen (secondary N) is 1. The van der Waals surface area contributed by atoms with Gasteiger partial charge in [-0.2, -0.15) is 0 Å². The van der Waals surface area contributed by atoms with E-state index in [0.29, 0.717) is 35.1 Å². The van der Waals surface area contributed by atoms with Crippen molar-refractivity contribution in [2.24, 2.45) is 0 Å². The minimum Gasteiger partial charge on any atom is -0.494 e. The molecule has 13 heteroatoms. The van der Waals surface area contributed by atoms with Gasteiger partial charge < -0.3 is 24.4 Å². The number of amides is 2. The van der Waals surface area contributed by atoms with Crippen molar-refractivity contribution in [1.82, 2.24) is 10.2 Å². The lowest BCUT2D eigenvalue weighted by Gasteiger charge is -2.34. The van der Waals surface area contributed by atoms with Gasteiger partial charge in [-0.05, 0) is 79.9 Å². The Bertz CT molecular complexity index is 1890. The van der Waals surface area contributed by atoms with E-state index in [-0.39, 0.29) is 46.3 Å². The molecular formula is C38H43Cl2N3O7S. The standard InChI is InChI=1S/C38H43Cl2N3O7S/c1-6-26(3)41-38(45)34(22-27-11-9-8-10-12-27)42(24-28-13-19-32(39)33(40)21-28)37(44)25-43(29-14-16-30(17-15-29)50-7-2)51(46,47)31-18-20-35(48-4)36(23-31)49-5/h8-21,23,26,34H,6-7,22,24-25H2,1-5H3,(H,41,45)/t26-,34+/m0/s1. The Labute approximate surface area is 310 Å². The van der Waals surface area contributed by atoms with Crippen molar-refractivity contribution in [3.8, 4) is 17.2 Å². The molecule has 0 spiro atoms. The molecule has 51 heavy (non-hydrogen) atoms. The van der Waals surface area contributed by atoms with Crippen molar-refractivity contribution < 1.29 is 32.2 Å². The Morgan fingerprint density at radius 3 is 2.12 bits per heavy atom. The van der Waals surface area contributed by atoms with Crippen molar-refractivity contribution in [2.75, 3.05) is 31.7 Å². The van der Waals surface area contributed by atoms with E-state index in [1.807, 2.05) is 51.1 Å². The first-order valence-electron chi connectivity index (χ1n) is 16.5. The summed E-state index contributed by atoms with van der Waals surface area (Å²) in [6, 6.07) is 23.7. The largest absolute Gasteiger partial charge is 0.494 e. The van der Waals surface area contributed by atoms with Crippen LogP contribution in [0, 0.1) is 0 Å². The van der Waals surface area contributed by atoms with Crippen molar-refractivity contribution in [1.29, 1.82) is 0 Å². The fourth-order valence-electron chi connectivity index (χ4n) is 5.34. The maximum Gasteiger partial charge on any atom is 0.264 e. The third-order valence-electron chi connectivity index (χ3n) is 8.27. The van der Waals surface area contributed by atoms with Gasteiger partial charge in [-0.1, -0.05) is 66.5 Å². The van der Waals surface area contributed by atoms with Crippen LogP contribution in [0.25, 0.3) is 0 Å². The summed E-state index contributed by atoms with van der Waals surface area (Å²) < 4.78 is 46.3. The molecule has 0 aliphatic carbocycles. The van der Waals surface area contributed by atoms with E-state index in [2.05, 4.69) is 5.32 Å². The predicted molar refractivity (Wildman–Crippen MR) is 201 cm³/mol. The van der Waals surface area contributed by atoms with E-state index in [4.69, 9.17) is 37.4 Å². The van der Waals surface area contributed by atoms with Crippen LogP contribution in [0.5, 0.6) is 17.2 Å². The molecule has 0 radical (unpaired) electrons. The predicted octanol–water partition coefficient (Wildman–Crippen LogP) is 7.16. The van der Waals surface area contributed by atoms with Crippen molar-refractivity contribution in [3.63, 3.8) is 0 Å². The Hall–Kier alpha value is -4.45. The molecule has 0 aliphatic rings. The second-order valence-corrected chi connectivity index (χ2v) is 14.4. The number of carbonyl (C=O) groups excluding carboxylic acids is 2. The van der Waals surface area contributed by atoms with Gasteiger partial charge in [0.25, 0.3) is 10.0 Å². The van der Waals surface area contributed by atoms with Crippen LogP contribution in [-0.4, -0.2) is 64.6 Å². The highest BCUT2D eigenvalue weighted by molar-refractivity contribution is 7.92. The zero-order chi connectivity index (χ0) is 37.1. The van der Waals surface area contributed by atoms with Gasteiger partial charge in [0.05, 0.1) is 41.5 Å². The van der Waals surface area contributed by atoms with Crippen LogP contribution < -0.4 is 23.8 Å². The highest BCUT2D eigenvalue weighted by Crippen LogP contribution is 2.33. The molecule has 0 aliphatic heterocycles. The van der Waals surface area contributed by atoms with Gasteiger partial charge in [-0.15, -0.1) is 0 Å². The zero-order valence-corrected chi connectivity index (χ0v) is 31.6. The number of hydrogen-bond donors (Lipinski definition) is 1. The summed E-state index contributed by atoms with van der Waals surface area (Å²) in [5.41, 5.74) is 1.62. The monoisotopic (exact) mass is 755 g/mol. The van der Waals surface area contributed by atoms with Crippen LogP contribution in [0.4, 0.5) is 5.69 Å². The molecule has 0 aromatic heterocycles. The molecule has 0 heterocycles. The van der Waals surface area contributed by atoms with Gasteiger partial charge in [0.2, 0.25) is 11.8 Å². The fourth-order valence-corrected chi connectivity index (χ4v) is 7.09. The number of hydrogen-bond acceptors (Lipinski definition) is 7. The highest BCUT2D eigenvalue weighted by atomic mass is 35.5. The number of methoxy groups -OCH3 is 2. The van der Waals surface area contributed by atoms with Gasteiger partial charge in [0.15, 0.2) is 11.5 Å². The van der Waals surface area contributed by atoms with Crippen LogP contribution in [-0.2, 0) is 32.6 Å². The Balaban J connectivity index is 1.85. The van der Waals surface area contributed by atoms with Gasteiger partial charge >= 0.3 is 0 Å². The number of carbonyl (C=O) groups is 2. The van der Waals surface area contributed by atoms with Crippen LogP contribution in [0.1, 0.15) is 38.3 Å². The number of anilines is 1. The molecule has 0 saturated heterocycles. The van der Waals surface area contributed by atoms with Crippen molar-refractivity contribution in [3.05, 3.63) is 112 Å². The summed E-state index contributed by atoms with van der Waals surface area (Å²) in [5.74, 6) is 0.0598. The lowest BCUT2D eigenvalue weighted by molar-refractivity contribution is -0.140. The van der Waals surface area contributed by atoms with E-state index in [1.165, 1.54) is 37.3 Å². The van der Waals surface area contributed by atoms with Crippen LogP contribution in [0.2, 0.25) is 10.0 Å². The Kier molecular flexibility index (Phi) is 14.0. The van der Waals surface area contributed by atoms with E-state index in [1.54, 1.807) is 42.5 Å². The number of ether oxygens (including phenoxy) is 3. The first-order chi connectivity index (χ1) is 24.4. The first kappa shape index (κ1) is 39.3. The number of nitrogens with zero attached hydrogens (tertiary/aromatic N) is 2. The maximum absolute atomic E-state index is 14.8. The van der Waals surface area contributed by atoms with Crippen LogP contribution >= 0.6 is 23.2 Å². The molecule has 0 bridgehead atoms. The maximum atomic E-state index is 14.8. The summed E-state index contributed by atoms with van der Waals surface area (Å²) in [6.07, 6.45) is 0.835. The van der Waals surface area contributed by atoms with E-state index >= 15 is 0 Å². The SMILES string of the molecule is CCOc1ccc(N(CC(=O)N(Cc2ccc(Cl)c(Cl)c2)[C@H](Cc2ccccc2)C(=O)N[C@@H](C)CC)S(=O)(=O)c2ccc(OC)c(OC)c2)cc1. The third-order valence-corrected chi connectivity index (χ3v) is 10.8. The van der Waals surface area contributed by atoms with Crippen LogP contribution in [0.3, 0.4) is 0 Å². The normalized spacial score (nSPS) is 12.4. The van der Waals surface area contributed by atoms with E-state index in [0.717, 1.165) is 9.87 Å². The molecule has 0 unspecified atom stereocenters. The molecule has 4 aromatic rings.